The number of phenols is 4. The molecule has 39 heavy (non-hydrogen) atoms. The van der Waals surface area contributed by atoms with E-state index >= 15 is 0 Å². The van der Waals surface area contributed by atoms with E-state index in [1.807, 2.05) is 0 Å². The molecule has 5 rings (SSSR count). The molecule has 0 saturated carbocycles. The lowest BCUT2D eigenvalue weighted by Crippen LogP contribution is -2.55. The molecule has 1 saturated heterocycles. The van der Waals surface area contributed by atoms with Crippen LogP contribution in [-0.4, -0.2) is 71.9 Å². The van der Waals surface area contributed by atoms with Crippen LogP contribution in [0.15, 0.2) is 63.8 Å². The average molecular weight is 539 g/mol. The first-order valence-corrected chi connectivity index (χ1v) is 12.0. The Balaban J connectivity index is 1.77. The monoisotopic (exact) mass is 538 g/mol. The average Bonchev–Trinajstić information content (AvgIpc) is 2.92. The van der Waals surface area contributed by atoms with Crippen LogP contribution in [0.3, 0.4) is 0 Å². The van der Waals surface area contributed by atoms with E-state index in [-0.39, 0.29) is 40.2 Å². The van der Waals surface area contributed by atoms with Gasteiger partial charge in [0.2, 0.25) is 0 Å². The minimum absolute atomic E-state index is 0.00157. The topological polar surface area (TPSA) is 201 Å². The molecule has 0 bridgehead atoms. The van der Waals surface area contributed by atoms with E-state index in [0.717, 1.165) is 6.07 Å². The number of hydrogen-bond acceptors (Lipinski definition) is 11. The maximum Gasteiger partial charge on any atom is 0.197 e. The smallest absolute Gasteiger partial charge is 0.197 e. The molecule has 11 nitrogen and oxygen atoms in total. The molecule has 204 valence electrons. The molecule has 8 N–H and O–H groups in total. The van der Waals surface area contributed by atoms with E-state index in [1.165, 1.54) is 36.4 Å². The third kappa shape index (κ3) is 4.67. The number of aliphatic hydroxyl groups excluding tert-OH is 4. The molecular weight excluding hydrogens is 512 g/mol. The molecule has 11 heteroatoms. The lowest BCUT2D eigenvalue weighted by atomic mass is 9.87. The van der Waals surface area contributed by atoms with E-state index in [2.05, 4.69) is 0 Å². The van der Waals surface area contributed by atoms with Crippen molar-refractivity contribution in [3.63, 3.8) is 0 Å². The van der Waals surface area contributed by atoms with E-state index in [4.69, 9.17) is 9.15 Å². The molecule has 5 atom stereocenters. The minimum atomic E-state index is -1.85. The predicted octanol–water partition coefficient (Wildman–Crippen LogP) is 1.39. The maximum absolute atomic E-state index is 13.4. The second-order valence-corrected chi connectivity index (χ2v) is 9.41. The molecule has 3 aromatic carbocycles. The molecule has 1 fully saturated rings. The van der Waals surface area contributed by atoms with Crippen molar-refractivity contribution in [2.75, 3.05) is 6.61 Å². The first-order chi connectivity index (χ1) is 18.6. The summed E-state index contributed by atoms with van der Waals surface area (Å²) in [7, 11) is 0. The number of phenolic OH excluding ortho intramolecular Hbond substituents is 4. The van der Waals surface area contributed by atoms with Crippen molar-refractivity contribution in [2.45, 2.75) is 36.9 Å². The van der Waals surface area contributed by atoms with Crippen molar-refractivity contribution < 1.29 is 50.0 Å². The zero-order valence-electron chi connectivity index (χ0n) is 20.3. The third-order valence-electron chi connectivity index (χ3n) is 6.90. The highest BCUT2D eigenvalue weighted by atomic mass is 16.5. The van der Waals surface area contributed by atoms with Gasteiger partial charge in [-0.1, -0.05) is 12.1 Å². The Labute approximate surface area is 220 Å². The minimum Gasteiger partial charge on any atom is -0.508 e. The van der Waals surface area contributed by atoms with E-state index in [0.29, 0.717) is 11.1 Å². The molecular formula is C28H26O11. The number of ether oxygens (including phenoxy) is 1. The highest BCUT2D eigenvalue weighted by Crippen LogP contribution is 2.47. The fraction of sp³-hybridized carbons (Fsp3) is 0.250. The highest BCUT2D eigenvalue weighted by molar-refractivity contribution is 5.91. The predicted molar refractivity (Wildman–Crippen MR) is 137 cm³/mol. The van der Waals surface area contributed by atoms with Crippen molar-refractivity contribution in [1.82, 2.24) is 0 Å². The van der Waals surface area contributed by atoms with Gasteiger partial charge in [-0.2, -0.15) is 0 Å². The number of fused-ring (bicyclic) bond motifs is 1. The maximum atomic E-state index is 13.4. The Morgan fingerprint density at radius 2 is 1.38 bits per heavy atom. The number of rotatable bonds is 5. The number of hydrogen-bond donors (Lipinski definition) is 8. The summed E-state index contributed by atoms with van der Waals surface area (Å²) in [6.07, 6.45) is -8.36. The van der Waals surface area contributed by atoms with Crippen LogP contribution in [0.2, 0.25) is 0 Å². The Morgan fingerprint density at radius 3 is 2.00 bits per heavy atom. The molecule has 1 aliphatic heterocycles. The molecule has 1 aromatic heterocycles. The second-order valence-electron chi connectivity index (χ2n) is 9.41. The largest absolute Gasteiger partial charge is 0.508 e. The molecule has 0 spiro atoms. The first-order valence-electron chi connectivity index (χ1n) is 12.0. The van der Waals surface area contributed by atoms with Gasteiger partial charge in [0.05, 0.1) is 12.2 Å². The van der Waals surface area contributed by atoms with Gasteiger partial charge in [0.1, 0.15) is 70.2 Å². The fourth-order valence-corrected chi connectivity index (χ4v) is 4.81. The molecule has 1 aliphatic rings. The van der Waals surface area contributed by atoms with Crippen molar-refractivity contribution >= 4 is 11.0 Å². The normalized spacial score (nSPS) is 23.2. The summed E-state index contributed by atoms with van der Waals surface area (Å²) in [6, 6.07) is 12.9. The van der Waals surface area contributed by atoms with E-state index in [1.54, 1.807) is 12.1 Å². The molecule has 2 heterocycles. The van der Waals surface area contributed by atoms with E-state index in [9.17, 15) is 45.6 Å². The lowest BCUT2D eigenvalue weighted by Gasteiger charge is -2.40. The Bertz CT molecular complexity index is 1560. The van der Waals surface area contributed by atoms with Gasteiger partial charge in [-0.3, -0.25) is 4.79 Å². The zero-order chi connectivity index (χ0) is 28.0. The molecule has 0 aliphatic carbocycles. The highest BCUT2D eigenvalue weighted by Gasteiger charge is 2.46. The van der Waals surface area contributed by atoms with Crippen LogP contribution in [-0.2, 0) is 11.2 Å². The first kappa shape index (κ1) is 26.5. The van der Waals surface area contributed by atoms with Crippen molar-refractivity contribution in [3.8, 4) is 34.3 Å². The van der Waals surface area contributed by atoms with Gasteiger partial charge in [0.15, 0.2) is 5.43 Å². The van der Waals surface area contributed by atoms with Gasteiger partial charge in [-0.25, -0.2) is 0 Å². The summed E-state index contributed by atoms with van der Waals surface area (Å²) in [5, 5.41) is 82.5. The zero-order valence-corrected chi connectivity index (χ0v) is 20.3. The van der Waals surface area contributed by atoms with Crippen LogP contribution in [0.5, 0.6) is 23.0 Å². The summed E-state index contributed by atoms with van der Waals surface area (Å²) in [4.78, 5) is 13.4. The molecule has 5 unspecified atom stereocenters. The van der Waals surface area contributed by atoms with Crippen LogP contribution < -0.4 is 5.43 Å². The van der Waals surface area contributed by atoms with Gasteiger partial charge in [0.25, 0.3) is 0 Å². The van der Waals surface area contributed by atoms with Crippen LogP contribution in [0.4, 0.5) is 0 Å². The standard InChI is InChI=1S/C28H26O11/c29-11-19-23(34)25(36)26(37)28(39-19)21-22(33)16(9-12-1-5-14(30)6-2-12)27-20(24(21)35)17(32)10-18(38-27)13-3-7-15(31)8-4-13/h1-8,10,19,23,25-26,28-31,33-37H,9,11H2. The molecule has 0 amide bonds. The van der Waals surface area contributed by atoms with Crippen molar-refractivity contribution in [2.24, 2.45) is 0 Å². The summed E-state index contributed by atoms with van der Waals surface area (Å²) in [6.45, 7) is -0.741. The molecule has 0 radical (unpaired) electrons. The van der Waals surface area contributed by atoms with Gasteiger partial charge < -0.3 is 50.0 Å². The van der Waals surface area contributed by atoms with Gasteiger partial charge >= 0.3 is 0 Å². The molecule has 4 aromatic rings. The second kappa shape index (κ2) is 10.2. The summed E-state index contributed by atoms with van der Waals surface area (Å²) in [5.74, 6) is -1.30. The summed E-state index contributed by atoms with van der Waals surface area (Å²) < 4.78 is 11.6. The van der Waals surface area contributed by atoms with Crippen LogP contribution in [0.1, 0.15) is 22.8 Å². The third-order valence-corrected chi connectivity index (χ3v) is 6.90. The Kier molecular flexibility index (Phi) is 6.93. The van der Waals surface area contributed by atoms with Gasteiger partial charge in [-0.05, 0) is 42.0 Å². The van der Waals surface area contributed by atoms with Gasteiger partial charge in [0, 0.05) is 23.6 Å². The van der Waals surface area contributed by atoms with Crippen LogP contribution in [0.25, 0.3) is 22.3 Å². The van der Waals surface area contributed by atoms with Crippen LogP contribution >= 0.6 is 0 Å². The summed E-state index contributed by atoms with van der Waals surface area (Å²) >= 11 is 0. The Morgan fingerprint density at radius 1 is 0.769 bits per heavy atom. The number of benzene rings is 3. The lowest BCUT2D eigenvalue weighted by molar-refractivity contribution is -0.232. The van der Waals surface area contributed by atoms with Crippen molar-refractivity contribution in [3.05, 3.63) is 81.5 Å². The van der Waals surface area contributed by atoms with Crippen molar-refractivity contribution in [1.29, 1.82) is 0 Å². The fourth-order valence-electron chi connectivity index (χ4n) is 4.81. The SMILES string of the molecule is O=c1cc(-c2ccc(O)cc2)oc2c(Cc3ccc(O)cc3)c(O)c(C3OC(CO)C(O)C(O)C3O)c(O)c12. The number of aliphatic hydroxyl groups is 4. The summed E-state index contributed by atoms with van der Waals surface area (Å²) in [5.41, 5.74) is -0.264. The van der Waals surface area contributed by atoms with E-state index < -0.39 is 59.6 Å². The van der Waals surface area contributed by atoms with Crippen LogP contribution in [0, 0.1) is 0 Å². The van der Waals surface area contributed by atoms with Gasteiger partial charge in [-0.15, -0.1) is 0 Å². The number of aromatic hydroxyl groups is 4. The Hall–Kier alpha value is -4.13. The quantitative estimate of drug-likeness (QED) is 0.182.